The van der Waals surface area contributed by atoms with E-state index in [1.165, 1.54) is 18.2 Å². The molecule has 0 aliphatic rings. The summed E-state index contributed by atoms with van der Waals surface area (Å²) in [5.74, 6) is -0.674. The molecule has 1 aromatic carbocycles. The van der Waals surface area contributed by atoms with Gasteiger partial charge in [-0.05, 0) is 31.5 Å². The Bertz CT molecular complexity index is 758. The van der Waals surface area contributed by atoms with Gasteiger partial charge in [0.15, 0.2) is 0 Å². The Morgan fingerprint density at radius 2 is 1.78 bits per heavy atom. The number of primary sulfonamides is 1. The van der Waals surface area contributed by atoms with Gasteiger partial charge in [-0.3, -0.25) is 4.79 Å². The van der Waals surface area contributed by atoms with E-state index in [1.807, 2.05) is 0 Å². The summed E-state index contributed by atoms with van der Waals surface area (Å²) in [5.41, 5.74) is 0. The van der Waals surface area contributed by atoms with E-state index >= 15 is 0 Å². The molecule has 23 heavy (non-hydrogen) atoms. The molecule has 0 unspecified atom stereocenters. The molecule has 0 saturated carbocycles. The van der Waals surface area contributed by atoms with Crippen LogP contribution >= 0.6 is 0 Å². The zero-order chi connectivity index (χ0) is 17.7. The normalized spacial score (nSPS) is 12.3. The van der Waals surface area contributed by atoms with Crippen LogP contribution < -0.4 is 5.14 Å². The molecule has 0 aromatic heterocycles. The molecular weight excluding hydrogens is 344 g/mol. The Hall–Kier alpha value is -1.49. The van der Waals surface area contributed by atoms with Crippen molar-refractivity contribution in [1.29, 1.82) is 0 Å². The number of esters is 1. The number of ether oxygens (including phenoxy) is 1. The highest BCUT2D eigenvalue weighted by Crippen LogP contribution is 2.19. The number of carbonyl (C=O) groups excluding carboxylic acids is 1. The number of nitrogens with zero attached hydrogens (tertiary/aromatic N) is 1. The fraction of sp³-hybridized carbons (Fsp3) is 0.462. The van der Waals surface area contributed by atoms with Crippen molar-refractivity contribution in [1.82, 2.24) is 4.31 Å². The molecular formula is C13H20N2O6S2. The Kier molecular flexibility index (Phi) is 6.69. The number of benzene rings is 1. The van der Waals surface area contributed by atoms with E-state index in [-0.39, 0.29) is 22.9 Å². The van der Waals surface area contributed by atoms with Crippen LogP contribution in [0.3, 0.4) is 0 Å². The predicted octanol–water partition coefficient (Wildman–Crippen LogP) is 0.298. The van der Waals surface area contributed by atoms with Crippen LogP contribution in [0.1, 0.15) is 20.3 Å². The minimum atomic E-state index is -4.05. The van der Waals surface area contributed by atoms with E-state index in [0.717, 1.165) is 10.4 Å². The largest absolute Gasteiger partial charge is 0.465 e. The molecule has 0 amide bonds. The highest BCUT2D eigenvalue weighted by molar-refractivity contribution is 7.90. The van der Waals surface area contributed by atoms with E-state index in [0.29, 0.717) is 6.42 Å². The van der Waals surface area contributed by atoms with Crippen LogP contribution in [0.25, 0.3) is 0 Å². The molecule has 8 nitrogen and oxygen atoms in total. The standard InChI is InChI=1S/C13H20N2O6S2/c1-3-8-15(10-13(16)21-4-2)23(19,20)12-7-5-6-11(9-12)22(14,17)18/h5-7,9H,3-4,8,10H2,1-2H3,(H2,14,17,18). The van der Waals surface area contributed by atoms with Crippen molar-refractivity contribution >= 4 is 26.0 Å². The summed E-state index contributed by atoms with van der Waals surface area (Å²) in [6.45, 7) is 3.17. The lowest BCUT2D eigenvalue weighted by Gasteiger charge is -2.20. The van der Waals surface area contributed by atoms with Gasteiger partial charge in [-0.1, -0.05) is 13.0 Å². The summed E-state index contributed by atoms with van der Waals surface area (Å²) in [6.07, 6.45) is 0.480. The van der Waals surface area contributed by atoms with Crippen molar-refractivity contribution in [3.05, 3.63) is 24.3 Å². The van der Waals surface area contributed by atoms with Crippen molar-refractivity contribution < 1.29 is 26.4 Å². The third-order valence-corrected chi connectivity index (χ3v) is 5.61. The van der Waals surface area contributed by atoms with Crippen LogP contribution in [0.15, 0.2) is 34.1 Å². The molecule has 0 aliphatic carbocycles. The molecule has 0 spiro atoms. The molecule has 2 N–H and O–H groups in total. The first-order chi connectivity index (χ1) is 10.6. The molecule has 0 bridgehead atoms. The van der Waals surface area contributed by atoms with E-state index in [4.69, 9.17) is 9.88 Å². The number of hydrogen-bond donors (Lipinski definition) is 1. The van der Waals surface area contributed by atoms with Gasteiger partial charge in [-0.25, -0.2) is 22.0 Å². The topological polar surface area (TPSA) is 124 Å². The maximum Gasteiger partial charge on any atom is 0.321 e. The molecule has 0 heterocycles. The van der Waals surface area contributed by atoms with Crippen LogP contribution in [0.2, 0.25) is 0 Å². The predicted molar refractivity (Wildman–Crippen MR) is 83.5 cm³/mol. The first-order valence-corrected chi connectivity index (χ1v) is 9.90. The highest BCUT2D eigenvalue weighted by Gasteiger charge is 2.27. The molecule has 10 heteroatoms. The Balaban J connectivity index is 3.22. The van der Waals surface area contributed by atoms with Crippen LogP contribution in [-0.4, -0.2) is 46.8 Å². The maximum atomic E-state index is 12.6. The molecule has 0 saturated heterocycles. The average Bonchev–Trinajstić information content (AvgIpc) is 2.46. The fourth-order valence-corrected chi connectivity index (χ4v) is 4.00. The van der Waals surface area contributed by atoms with Gasteiger partial charge in [0.2, 0.25) is 20.0 Å². The highest BCUT2D eigenvalue weighted by atomic mass is 32.2. The van der Waals surface area contributed by atoms with Crippen molar-refractivity contribution in [3.8, 4) is 0 Å². The van der Waals surface area contributed by atoms with Crippen molar-refractivity contribution in [2.45, 2.75) is 30.1 Å². The van der Waals surface area contributed by atoms with Crippen LogP contribution in [0, 0.1) is 0 Å². The van der Waals surface area contributed by atoms with Gasteiger partial charge in [-0.2, -0.15) is 4.31 Å². The van der Waals surface area contributed by atoms with E-state index < -0.39 is 32.6 Å². The van der Waals surface area contributed by atoms with E-state index in [1.54, 1.807) is 13.8 Å². The lowest BCUT2D eigenvalue weighted by molar-refractivity contribution is -0.143. The van der Waals surface area contributed by atoms with E-state index in [2.05, 4.69) is 0 Å². The minimum absolute atomic E-state index is 0.0980. The zero-order valence-electron chi connectivity index (χ0n) is 12.9. The summed E-state index contributed by atoms with van der Waals surface area (Å²) in [5, 5.41) is 5.01. The first-order valence-electron chi connectivity index (χ1n) is 6.91. The maximum absolute atomic E-state index is 12.6. The third-order valence-electron chi connectivity index (χ3n) is 2.86. The molecule has 130 valence electrons. The average molecular weight is 364 g/mol. The Morgan fingerprint density at radius 1 is 1.17 bits per heavy atom. The van der Waals surface area contributed by atoms with E-state index in [9.17, 15) is 21.6 Å². The second-order valence-electron chi connectivity index (χ2n) is 4.66. The summed E-state index contributed by atoms with van der Waals surface area (Å²) < 4.78 is 53.7. The second kappa shape index (κ2) is 7.86. The monoisotopic (exact) mass is 364 g/mol. The molecule has 0 fully saturated rings. The SMILES string of the molecule is CCCN(CC(=O)OCC)S(=O)(=O)c1cccc(S(N)(=O)=O)c1. The lowest BCUT2D eigenvalue weighted by Crippen LogP contribution is -2.37. The smallest absolute Gasteiger partial charge is 0.321 e. The van der Waals surface area contributed by atoms with Crippen LogP contribution in [-0.2, 0) is 29.6 Å². The van der Waals surface area contributed by atoms with Gasteiger partial charge in [0.05, 0.1) is 16.4 Å². The number of rotatable bonds is 8. The molecule has 0 radical (unpaired) electrons. The van der Waals surface area contributed by atoms with Gasteiger partial charge in [0, 0.05) is 6.54 Å². The summed E-state index contributed by atoms with van der Waals surface area (Å²) in [6, 6.07) is 4.70. The molecule has 1 rings (SSSR count). The first kappa shape index (κ1) is 19.6. The lowest BCUT2D eigenvalue weighted by atomic mass is 10.4. The number of sulfonamides is 2. The summed E-state index contributed by atoms with van der Waals surface area (Å²) >= 11 is 0. The van der Waals surface area contributed by atoms with Crippen molar-refractivity contribution in [3.63, 3.8) is 0 Å². The minimum Gasteiger partial charge on any atom is -0.465 e. The zero-order valence-corrected chi connectivity index (χ0v) is 14.6. The quantitative estimate of drug-likeness (QED) is 0.662. The fourth-order valence-electron chi connectivity index (χ4n) is 1.84. The van der Waals surface area contributed by atoms with Gasteiger partial charge in [0.1, 0.15) is 6.54 Å². The van der Waals surface area contributed by atoms with Gasteiger partial charge in [0.25, 0.3) is 0 Å². The van der Waals surface area contributed by atoms with Crippen molar-refractivity contribution in [2.75, 3.05) is 19.7 Å². The Labute approximate surface area is 136 Å². The Morgan fingerprint density at radius 3 is 2.30 bits per heavy atom. The van der Waals surface area contributed by atoms with Crippen molar-refractivity contribution in [2.24, 2.45) is 5.14 Å². The second-order valence-corrected chi connectivity index (χ2v) is 8.16. The number of hydrogen-bond acceptors (Lipinski definition) is 6. The third kappa shape index (κ3) is 5.27. The summed E-state index contributed by atoms with van der Waals surface area (Å²) in [7, 11) is -8.08. The number of nitrogens with two attached hydrogens (primary N) is 1. The number of carbonyl (C=O) groups is 1. The molecule has 0 aliphatic heterocycles. The van der Waals surface area contributed by atoms with Gasteiger partial charge >= 0.3 is 5.97 Å². The van der Waals surface area contributed by atoms with Crippen LogP contribution in [0.5, 0.6) is 0 Å². The molecule has 0 atom stereocenters. The van der Waals surface area contributed by atoms with Gasteiger partial charge in [-0.15, -0.1) is 0 Å². The van der Waals surface area contributed by atoms with Crippen LogP contribution in [0.4, 0.5) is 0 Å². The molecule has 1 aromatic rings. The summed E-state index contributed by atoms with van der Waals surface area (Å²) in [4.78, 5) is 11.0. The van der Waals surface area contributed by atoms with Gasteiger partial charge < -0.3 is 4.74 Å².